The molecule has 112 valence electrons. The third-order valence-electron chi connectivity index (χ3n) is 3.15. The quantitative estimate of drug-likeness (QED) is 0.691. The second-order valence-corrected chi connectivity index (χ2v) is 6.11. The highest BCUT2D eigenvalue weighted by Crippen LogP contribution is 2.28. The van der Waals surface area contributed by atoms with Gasteiger partial charge in [0.15, 0.2) is 0 Å². The average molecular weight is 350 g/mol. The van der Waals surface area contributed by atoms with E-state index in [4.69, 9.17) is 9.47 Å². The van der Waals surface area contributed by atoms with Crippen LogP contribution in [-0.2, 0) is 4.74 Å². The summed E-state index contributed by atoms with van der Waals surface area (Å²) in [6.07, 6.45) is 3.78. The van der Waals surface area contributed by atoms with E-state index in [0.717, 1.165) is 24.2 Å². The molecule has 0 aliphatic heterocycles. The Morgan fingerprint density at radius 3 is 2.70 bits per heavy atom. The standard InChI is InChI=1S/C14H18BrF2NO2/c1-14(16,17)5-2-6-19-11-7-12(8-11)20-13-4-3-10(15)9-18-13/h3-4,9,11-12H,2,5-8H2,1H3. The van der Waals surface area contributed by atoms with E-state index in [1.807, 2.05) is 12.1 Å². The molecule has 1 aromatic rings. The normalized spacial score (nSPS) is 22.4. The fourth-order valence-electron chi connectivity index (χ4n) is 1.99. The lowest BCUT2D eigenvalue weighted by Gasteiger charge is -2.34. The molecule has 1 fully saturated rings. The molecular weight excluding hydrogens is 332 g/mol. The molecule has 0 spiro atoms. The number of pyridine rings is 1. The monoisotopic (exact) mass is 349 g/mol. The van der Waals surface area contributed by atoms with Crippen LogP contribution in [0, 0.1) is 0 Å². The van der Waals surface area contributed by atoms with Crippen LogP contribution in [0.15, 0.2) is 22.8 Å². The number of hydrogen-bond donors (Lipinski definition) is 0. The van der Waals surface area contributed by atoms with E-state index in [2.05, 4.69) is 20.9 Å². The maximum atomic E-state index is 12.6. The molecule has 1 heterocycles. The van der Waals surface area contributed by atoms with Crippen LogP contribution in [0.5, 0.6) is 5.88 Å². The molecule has 2 rings (SSSR count). The predicted molar refractivity (Wildman–Crippen MR) is 75.2 cm³/mol. The summed E-state index contributed by atoms with van der Waals surface area (Å²) in [5, 5.41) is 0. The van der Waals surface area contributed by atoms with Crippen LogP contribution in [0.2, 0.25) is 0 Å². The molecule has 1 aliphatic rings. The topological polar surface area (TPSA) is 31.4 Å². The van der Waals surface area contributed by atoms with E-state index in [1.165, 1.54) is 0 Å². The van der Waals surface area contributed by atoms with Gasteiger partial charge < -0.3 is 9.47 Å². The van der Waals surface area contributed by atoms with Gasteiger partial charge in [-0.3, -0.25) is 0 Å². The molecule has 3 nitrogen and oxygen atoms in total. The highest BCUT2D eigenvalue weighted by atomic mass is 79.9. The second-order valence-electron chi connectivity index (χ2n) is 5.19. The van der Waals surface area contributed by atoms with Gasteiger partial charge >= 0.3 is 0 Å². The van der Waals surface area contributed by atoms with E-state index in [0.29, 0.717) is 18.9 Å². The summed E-state index contributed by atoms with van der Waals surface area (Å²) in [6.45, 7) is 1.32. The van der Waals surface area contributed by atoms with Crippen molar-refractivity contribution < 1.29 is 18.3 Å². The molecule has 0 unspecified atom stereocenters. The smallest absolute Gasteiger partial charge is 0.245 e. The first kappa shape index (κ1) is 15.6. The predicted octanol–water partition coefficient (Wildman–Crippen LogP) is 4.21. The molecular formula is C14H18BrF2NO2. The Bertz CT molecular complexity index is 416. The lowest BCUT2D eigenvalue weighted by molar-refractivity contribution is -0.0695. The minimum atomic E-state index is -2.60. The molecule has 0 amide bonds. The molecule has 0 saturated heterocycles. The lowest BCUT2D eigenvalue weighted by atomic mass is 9.92. The van der Waals surface area contributed by atoms with Gasteiger partial charge in [-0.25, -0.2) is 13.8 Å². The fraction of sp³-hybridized carbons (Fsp3) is 0.643. The third-order valence-corrected chi connectivity index (χ3v) is 3.62. The maximum absolute atomic E-state index is 12.6. The Morgan fingerprint density at radius 1 is 1.35 bits per heavy atom. The summed E-state index contributed by atoms with van der Waals surface area (Å²) >= 11 is 3.31. The molecule has 1 aromatic heterocycles. The summed E-state index contributed by atoms with van der Waals surface area (Å²) < 4.78 is 37.3. The summed E-state index contributed by atoms with van der Waals surface area (Å²) in [4.78, 5) is 4.13. The van der Waals surface area contributed by atoms with Crippen LogP contribution in [0.25, 0.3) is 0 Å². The minimum absolute atomic E-state index is 0.112. The zero-order chi connectivity index (χ0) is 14.6. The largest absolute Gasteiger partial charge is 0.474 e. The Morgan fingerprint density at radius 2 is 2.10 bits per heavy atom. The van der Waals surface area contributed by atoms with Crippen molar-refractivity contribution in [3.8, 4) is 5.88 Å². The zero-order valence-electron chi connectivity index (χ0n) is 11.3. The summed E-state index contributed by atoms with van der Waals surface area (Å²) in [5.74, 6) is -2.00. The molecule has 0 radical (unpaired) electrons. The summed E-state index contributed by atoms with van der Waals surface area (Å²) in [6, 6.07) is 3.68. The van der Waals surface area contributed by atoms with Crippen molar-refractivity contribution in [3.05, 3.63) is 22.8 Å². The van der Waals surface area contributed by atoms with Gasteiger partial charge in [-0.15, -0.1) is 0 Å². The Kier molecular flexibility index (Phi) is 5.32. The number of rotatable bonds is 7. The highest BCUT2D eigenvalue weighted by molar-refractivity contribution is 9.10. The highest BCUT2D eigenvalue weighted by Gasteiger charge is 2.32. The van der Waals surface area contributed by atoms with Crippen molar-refractivity contribution in [2.45, 2.75) is 50.7 Å². The molecule has 0 N–H and O–H groups in total. The van der Waals surface area contributed by atoms with E-state index in [1.54, 1.807) is 6.20 Å². The molecule has 0 aromatic carbocycles. The van der Waals surface area contributed by atoms with Crippen molar-refractivity contribution >= 4 is 15.9 Å². The average Bonchev–Trinajstić information content (AvgIpc) is 2.32. The number of nitrogens with zero attached hydrogens (tertiary/aromatic N) is 1. The van der Waals surface area contributed by atoms with Gasteiger partial charge in [0.1, 0.15) is 6.10 Å². The van der Waals surface area contributed by atoms with E-state index >= 15 is 0 Å². The van der Waals surface area contributed by atoms with Crippen LogP contribution in [-0.4, -0.2) is 29.7 Å². The SMILES string of the molecule is CC(F)(F)CCCOC1CC(Oc2ccc(Br)cn2)C1. The van der Waals surface area contributed by atoms with Gasteiger partial charge in [0, 0.05) is 42.6 Å². The Labute approximate surface area is 125 Å². The number of halogens is 3. The third kappa shape index (κ3) is 5.32. The molecule has 20 heavy (non-hydrogen) atoms. The van der Waals surface area contributed by atoms with E-state index in [-0.39, 0.29) is 18.6 Å². The number of ether oxygens (including phenoxy) is 2. The molecule has 0 bridgehead atoms. The van der Waals surface area contributed by atoms with Gasteiger partial charge in [-0.2, -0.15) is 0 Å². The van der Waals surface area contributed by atoms with E-state index in [9.17, 15) is 8.78 Å². The Balaban J connectivity index is 1.57. The molecule has 6 heteroatoms. The second kappa shape index (κ2) is 6.80. The molecule has 1 aliphatic carbocycles. The van der Waals surface area contributed by atoms with E-state index < -0.39 is 5.92 Å². The van der Waals surface area contributed by atoms with Crippen LogP contribution >= 0.6 is 15.9 Å². The van der Waals surface area contributed by atoms with Gasteiger partial charge in [0.05, 0.1) is 6.10 Å². The van der Waals surface area contributed by atoms with Crippen LogP contribution < -0.4 is 4.74 Å². The first-order valence-electron chi connectivity index (χ1n) is 6.70. The van der Waals surface area contributed by atoms with Gasteiger partial charge in [0.2, 0.25) is 11.8 Å². The first-order valence-corrected chi connectivity index (χ1v) is 7.49. The number of hydrogen-bond acceptors (Lipinski definition) is 3. The van der Waals surface area contributed by atoms with Crippen LogP contribution in [0.1, 0.15) is 32.6 Å². The summed E-state index contributed by atoms with van der Waals surface area (Å²) in [5.41, 5.74) is 0. The molecule has 0 atom stereocenters. The minimum Gasteiger partial charge on any atom is -0.474 e. The van der Waals surface area contributed by atoms with Gasteiger partial charge in [-0.1, -0.05) is 0 Å². The van der Waals surface area contributed by atoms with Crippen molar-refractivity contribution in [2.24, 2.45) is 0 Å². The zero-order valence-corrected chi connectivity index (χ0v) is 12.9. The van der Waals surface area contributed by atoms with Crippen molar-refractivity contribution in [2.75, 3.05) is 6.61 Å². The first-order chi connectivity index (χ1) is 9.42. The van der Waals surface area contributed by atoms with Gasteiger partial charge in [-0.05, 0) is 35.3 Å². The van der Waals surface area contributed by atoms with Crippen molar-refractivity contribution in [1.29, 1.82) is 0 Å². The molecule has 1 saturated carbocycles. The maximum Gasteiger partial charge on any atom is 0.245 e. The lowest BCUT2D eigenvalue weighted by Crippen LogP contribution is -2.39. The van der Waals surface area contributed by atoms with Crippen LogP contribution in [0.4, 0.5) is 8.78 Å². The number of alkyl halides is 2. The van der Waals surface area contributed by atoms with Crippen molar-refractivity contribution in [1.82, 2.24) is 4.98 Å². The van der Waals surface area contributed by atoms with Crippen molar-refractivity contribution in [3.63, 3.8) is 0 Å². The van der Waals surface area contributed by atoms with Gasteiger partial charge in [0.25, 0.3) is 0 Å². The fourth-order valence-corrected chi connectivity index (χ4v) is 2.22. The Hall–Kier alpha value is -0.750. The number of aromatic nitrogens is 1. The van der Waals surface area contributed by atoms with Crippen LogP contribution in [0.3, 0.4) is 0 Å². The summed E-state index contributed by atoms with van der Waals surface area (Å²) in [7, 11) is 0.